The molecule has 0 saturated heterocycles. The summed E-state index contributed by atoms with van der Waals surface area (Å²) in [4.78, 5) is 18.1. The molecule has 4 nitrogen and oxygen atoms in total. The van der Waals surface area contributed by atoms with E-state index >= 15 is 0 Å². The molecule has 1 heterocycles. The Balaban J connectivity index is 2.05. The quantitative estimate of drug-likeness (QED) is 0.928. The van der Waals surface area contributed by atoms with Gasteiger partial charge in [-0.1, -0.05) is 29.8 Å². The molecule has 104 valence electrons. The van der Waals surface area contributed by atoms with Crippen LogP contribution in [0.5, 0.6) is 0 Å². The van der Waals surface area contributed by atoms with E-state index < -0.39 is 0 Å². The van der Waals surface area contributed by atoms with Gasteiger partial charge in [0.15, 0.2) is 0 Å². The lowest BCUT2D eigenvalue weighted by Gasteiger charge is -2.17. The number of hydrogen-bond acceptors (Lipinski definition) is 3. The molecule has 0 radical (unpaired) electrons. The fourth-order valence-corrected chi connectivity index (χ4v) is 1.90. The van der Waals surface area contributed by atoms with Crippen molar-refractivity contribution in [3.63, 3.8) is 0 Å². The first-order valence-corrected chi connectivity index (χ1v) is 6.55. The molecule has 4 heteroatoms. The van der Waals surface area contributed by atoms with Crippen molar-refractivity contribution in [2.45, 2.75) is 13.5 Å². The number of rotatable bonds is 4. The van der Waals surface area contributed by atoms with Crippen LogP contribution in [0.3, 0.4) is 0 Å². The van der Waals surface area contributed by atoms with Crippen LogP contribution in [-0.2, 0) is 6.54 Å². The van der Waals surface area contributed by atoms with E-state index in [0.29, 0.717) is 12.2 Å². The maximum atomic E-state index is 12.3. The van der Waals surface area contributed by atoms with Gasteiger partial charge in [0.2, 0.25) is 0 Å². The van der Waals surface area contributed by atoms with Crippen LogP contribution in [0.4, 0.5) is 5.69 Å². The summed E-state index contributed by atoms with van der Waals surface area (Å²) in [6, 6.07) is 11.8. The van der Waals surface area contributed by atoms with Crippen molar-refractivity contribution >= 4 is 11.6 Å². The number of pyridine rings is 1. The molecule has 0 aliphatic rings. The highest BCUT2D eigenvalue weighted by Crippen LogP contribution is 2.10. The Morgan fingerprint density at radius 2 is 1.90 bits per heavy atom. The van der Waals surface area contributed by atoms with Gasteiger partial charge in [-0.15, -0.1) is 0 Å². The molecule has 0 unspecified atom stereocenters. The van der Waals surface area contributed by atoms with Gasteiger partial charge >= 0.3 is 0 Å². The van der Waals surface area contributed by atoms with E-state index in [2.05, 4.69) is 10.3 Å². The normalized spacial score (nSPS) is 10.2. The summed E-state index contributed by atoms with van der Waals surface area (Å²) in [5, 5.41) is 2.98. The smallest absolute Gasteiger partial charge is 0.272 e. The minimum Gasteiger partial charge on any atom is -0.387 e. The van der Waals surface area contributed by atoms with E-state index in [1.807, 2.05) is 44.3 Å². The van der Waals surface area contributed by atoms with Gasteiger partial charge in [-0.3, -0.25) is 4.79 Å². The largest absolute Gasteiger partial charge is 0.387 e. The zero-order valence-electron chi connectivity index (χ0n) is 12.1. The highest BCUT2D eigenvalue weighted by molar-refractivity contribution is 5.92. The number of aryl methyl sites for hydroxylation is 1. The van der Waals surface area contributed by atoms with Crippen LogP contribution in [0.1, 0.15) is 21.6 Å². The van der Waals surface area contributed by atoms with Crippen LogP contribution in [-0.4, -0.2) is 29.9 Å². The molecular weight excluding hydrogens is 250 g/mol. The van der Waals surface area contributed by atoms with E-state index in [1.54, 1.807) is 24.2 Å². The Kier molecular flexibility index (Phi) is 4.35. The Bertz CT molecular complexity index is 576. The molecule has 2 aromatic rings. The molecule has 20 heavy (non-hydrogen) atoms. The van der Waals surface area contributed by atoms with E-state index in [1.165, 1.54) is 5.56 Å². The average Bonchev–Trinajstić information content (AvgIpc) is 2.49. The second-order valence-electron chi connectivity index (χ2n) is 4.83. The number of benzene rings is 1. The molecule has 0 atom stereocenters. The van der Waals surface area contributed by atoms with E-state index in [9.17, 15) is 4.79 Å². The summed E-state index contributed by atoms with van der Waals surface area (Å²) in [5.41, 5.74) is 3.67. The Morgan fingerprint density at radius 3 is 2.45 bits per heavy atom. The van der Waals surface area contributed by atoms with Gasteiger partial charge in [0.1, 0.15) is 5.69 Å². The van der Waals surface area contributed by atoms with Crippen molar-refractivity contribution in [1.82, 2.24) is 9.88 Å². The third-order valence-electron chi connectivity index (χ3n) is 3.16. The molecule has 1 aromatic carbocycles. The molecular formula is C16H19N3O. The minimum atomic E-state index is -0.0757. The van der Waals surface area contributed by atoms with E-state index in [0.717, 1.165) is 11.3 Å². The predicted octanol–water partition coefficient (Wildman–Crippen LogP) is 2.70. The first kappa shape index (κ1) is 14.1. The van der Waals surface area contributed by atoms with Gasteiger partial charge < -0.3 is 10.2 Å². The number of carbonyl (C=O) groups excluding carboxylic acids is 1. The summed E-state index contributed by atoms with van der Waals surface area (Å²) >= 11 is 0. The number of amides is 1. The Labute approximate surface area is 119 Å². The lowest BCUT2D eigenvalue weighted by molar-refractivity contribution is 0.0779. The van der Waals surface area contributed by atoms with Crippen LogP contribution in [0.2, 0.25) is 0 Å². The first-order chi connectivity index (χ1) is 9.60. The standard InChI is InChI=1S/C16H19N3O/c1-12-4-6-13(7-5-12)11-19(3)16(20)15-9-8-14(17-2)10-18-15/h4-10,17H,11H2,1-3H3. The van der Waals surface area contributed by atoms with Gasteiger partial charge in [-0.2, -0.15) is 0 Å². The van der Waals surface area contributed by atoms with Crippen molar-refractivity contribution in [1.29, 1.82) is 0 Å². The number of hydrogen-bond donors (Lipinski definition) is 1. The molecule has 0 saturated carbocycles. The van der Waals surface area contributed by atoms with Crippen molar-refractivity contribution in [3.8, 4) is 0 Å². The number of nitrogens with zero attached hydrogens (tertiary/aromatic N) is 2. The molecule has 2 rings (SSSR count). The van der Waals surface area contributed by atoms with Crippen molar-refractivity contribution in [2.75, 3.05) is 19.4 Å². The van der Waals surface area contributed by atoms with Crippen LogP contribution in [0, 0.1) is 6.92 Å². The van der Waals surface area contributed by atoms with Crippen LogP contribution < -0.4 is 5.32 Å². The molecule has 1 amide bonds. The van der Waals surface area contributed by atoms with Gasteiger partial charge in [0.05, 0.1) is 11.9 Å². The third-order valence-corrected chi connectivity index (χ3v) is 3.16. The average molecular weight is 269 g/mol. The maximum Gasteiger partial charge on any atom is 0.272 e. The topological polar surface area (TPSA) is 45.2 Å². The lowest BCUT2D eigenvalue weighted by atomic mass is 10.1. The van der Waals surface area contributed by atoms with E-state index in [4.69, 9.17) is 0 Å². The van der Waals surface area contributed by atoms with E-state index in [-0.39, 0.29) is 5.91 Å². The number of nitrogens with one attached hydrogen (secondary N) is 1. The van der Waals surface area contributed by atoms with Gasteiger partial charge in [0, 0.05) is 20.6 Å². The maximum absolute atomic E-state index is 12.3. The monoisotopic (exact) mass is 269 g/mol. The number of aromatic nitrogens is 1. The van der Waals surface area contributed by atoms with Gasteiger partial charge in [-0.25, -0.2) is 4.98 Å². The minimum absolute atomic E-state index is 0.0757. The number of carbonyl (C=O) groups is 1. The van der Waals surface area contributed by atoms with Crippen LogP contribution in [0.15, 0.2) is 42.6 Å². The lowest BCUT2D eigenvalue weighted by Crippen LogP contribution is -2.26. The summed E-state index contributed by atoms with van der Waals surface area (Å²) in [7, 11) is 3.61. The van der Waals surface area contributed by atoms with Crippen molar-refractivity contribution in [3.05, 3.63) is 59.4 Å². The fourth-order valence-electron chi connectivity index (χ4n) is 1.90. The van der Waals surface area contributed by atoms with Crippen molar-refractivity contribution < 1.29 is 4.79 Å². The molecule has 0 fully saturated rings. The molecule has 1 aromatic heterocycles. The highest BCUT2D eigenvalue weighted by atomic mass is 16.2. The summed E-state index contributed by atoms with van der Waals surface area (Å²) < 4.78 is 0. The highest BCUT2D eigenvalue weighted by Gasteiger charge is 2.13. The molecule has 0 bridgehead atoms. The van der Waals surface area contributed by atoms with Gasteiger partial charge in [0.25, 0.3) is 5.91 Å². The second kappa shape index (κ2) is 6.19. The molecule has 0 spiro atoms. The van der Waals surface area contributed by atoms with Crippen molar-refractivity contribution in [2.24, 2.45) is 0 Å². The second-order valence-corrected chi connectivity index (χ2v) is 4.83. The third kappa shape index (κ3) is 3.35. The summed E-state index contributed by atoms with van der Waals surface area (Å²) in [6.07, 6.45) is 1.66. The summed E-state index contributed by atoms with van der Waals surface area (Å²) in [6.45, 7) is 2.63. The zero-order chi connectivity index (χ0) is 14.5. The Hall–Kier alpha value is -2.36. The predicted molar refractivity (Wildman–Crippen MR) is 80.8 cm³/mol. The Morgan fingerprint density at radius 1 is 1.20 bits per heavy atom. The molecule has 1 N–H and O–H groups in total. The zero-order valence-corrected chi connectivity index (χ0v) is 12.1. The molecule has 0 aliphatic heterocycles. The fraction of sp³-hybridized carbons (Fsp3) is 0.250. The first-order valence-electron chi connectivity index (χ1n) is 6.55. The van der Waals surface area contributed by atoms with Crippen LogP contribution in [0.25, 0.3) is 0 Å². The summed E-state index contributed by atoms with van der Waals surface area (Å²) in [5.74, 6) is -0.0757. The van der Waals surface area contributed by atoms with Gasteiger partial charge in [-0.05, 0) is 24.6 Å². The van der Waals surface area contributed by atoms with Crippen LogP contribution >= 0.6 is 0 Å². The SMILES string of the molecule is CNc1ccc(C(=O)N(C)Cc2ccc(C)cc2)nc1. The number of anilines is 1. The molecule has 0 aliphatic carbocycles.